The maximum Gasteiger partial charge on any atom is 0.417 e. The summed E-state index contributed by atoms with van der Waals surface area (Å²) in [7, 11) is 0. The molecule has 0 saturated heterocycles. The quantitative estimate of drug-likeness (QED) is 0.713. The number of nitrogens with one attached hydrogen (secondary N) is 1. The summed E-state index contributed by atoms with van der Waals surface area (Å²) in [4.78, 5) is 13.6. The van der Waals surface area contributed by atoms with Gasteiger partial charge in [-0.2, -0.15) is 28.2 Å². The van der Waals surface area contributed by atoms with E-state index in [4.69, 9.17) is 11.6 Å². The number of para-hydroxylation sites is 1. The van der Waals surface area contributed by atoms with Crippen molar-refractivity contribution in [3.8, 4) is 5.69 Å². The molecule has 9 heteroatoms. The fraction of sp³-hybridized carbons (Fsp3) is 0.167. The largest absolute Gasteiger partial charge is 0.417 e. The average Bonchev–Trinajstić information content (AvgIpc) is 3.10. The second-order valence-corrected chi connectivity index (χ2v) is 6.07. The van der Waals surface area contributed by atoms with E-state index in [9.17, 15) is 18.0 Å². The Labute approximate surface area is 157 Å². The molecule has 3 aromatic rings. The van der Waals surface area contributed by atoms with E-state index in [1.807, 2.05) is 30.3 Å². The van der Waals surface area contributed by atoms with Crippen molar-refractivity contribution in [2.24, 2.45) is 0 Å². The minimum absolute atomic E-state index is 0.111. The molecule has 1 amide bonds. The van der Waals surface area contributed by atoms with Crippen LogP contribution in [0.5, 0.6) is 0 Å². The summed E-state index contributed by atoms with van der Waals surface area (Å²) in [6.45, 7) is 0.205. The van der Waals surface area contributed by atoms with E-state index in [1.165, 1.54) is 10.9 Å². The Morgan fingerprint density at radius 3 is 2.59 bits per heavy atom. The number of nitrogens with zero attached hydrogens (tertiary/aromatic N) is 3. The molecule has 2 aromatic carbocycles. The fourth-order valence-electron chi connectivity index (χ4n) is 2.38. The SMILES string of the molecule is O=C(NCCc1cnn(-c2ccccc2)n1)c1ccc(Cl)c(C(F)(F)F)c1. The zero-order chi connectivity index (χ0) is 19.4. The lowest BCUT2D eigenvalue weighted by molar-refractivity contribution is -0.137. The second-order valence-electron chi connectivity index (χ2n) is 5.66. The molecule has 1 N–H and O–H groups in total. The number of aromatic nitrogens is 3. The lowest BCUT2D eigenvalue weighted by atomic mass is 10.1. The lowest BCUT2D eigenvalue weighted by Gasteiger charge is -2.11. The van der Waals surface area contributed by atoms with Crippen LogP contribution in [0, 0.1) is 0 Å². The second kappa shape index (κ2) is 7.79. The molecule has 140 valence electrons. The number of alkyl halides is 3. The molecule has 0 spiro atoms. The summed E-state index contributed by atoms with van der Waals surface area (Å²) >= 11 is 5.55. The average molecular weight is 395 g/mol. The zero-order valence-electron chi connectivity index (χ0n) is 13.9. The molecule has 3 rings (SSSR count). The molecule has 0 saturated carbocycles. The number of rotatable bonds is 5. The monoisotopic (exact) mass is 394 g/mol. The van der Waals surface area contributed by atoms with Gasteiger partial charge in [0, 0.05) is 18.5 Å². The molecule has 0 unspecified atom stereocenters. The number of carbonyl (C=O) groups is 1. The van der Waals surface area contributed by atoms with Crippen molar-refractivity contribution in [1.82, 2.24) is 20.3 Å². The maximum atomic E-state index is 12.9. The highest BCUT2D eigenvalue weighted by molar-refractivity contribution is 6.31. The summed E-state index contributed by atoms with van der Waals surface area (Å²) in [5.74, 6) is -0.618. The van der Waals surface area contributed by atoms with Gasteiger partial charge in [0.1, 0.15) is 0 Å². The van der Waals surface area contributed by atoms with Crippen molar-refractivity contribution in [2.45, 2.75) is 12.6 Å². The number of hydrogen-bond acceptors (Lipinski definition) is 3. The van der Waals surface area contributed by atoms with E-state index >= 15 is 0 Å². The highest BCUT2D eigenvalue weighted by atomic mass is 35.5. The number of halogens is 4. The predicted molar refractivity (Wildman–Crippen MR) is 93.9 cm³/mol. The normalized spacial score (nSPS) is 11.4. The third-order valence-electron chi connectivity index (χ3n) is 3.73. The lowest BCUT2D eigenvalue weighted by Crippen LogP contribution is -2.26. The first-order valence-electron chi connectivity index (χ1n) is 7.96. The van der Waals surface area contributed by atoms with Crippen molar-refractivity contribution in [1.29, 1.82) is 0 Å². The molecule has 0 aliphatic carbocycles. The zero-order valence-corrected chi connectivity index (χ0v) is 14.6. The minimum Gasteiger partial charge on any atom is -0.352 e. The van der Waals surface area contributed by atoms with Crippen LogP contribution >= 0.6 is 11.6 Å². The fourth-order valence-corrected chi connectivity index (χ4v) is 2.61. The van der Waals surface area contributed by atoms with Gasteiger partial charge in [-0.3, -0.25) is 4.79 Å². The molecular formula is C18H14ClF3N4O. The Balaban J connectivity index is 1.60. The van der Waals surface area contributed by atoms with Gasteiger partial charge in [-0.25, -0.2) is 0 Å². The standard InChI is InChI=1S/C18H14ClF3N4O/c19-16-7-6-12(10-15(16)18(20,21)22)17(27)23-9-8-13-11-24-26(25-13)14-4-2-1-3-5-14/h1-7,10-11H,8-9H2,(H,23,27). The van der Waals surface area contributed by atoms with Crippen LogP contribution in [0.3, 0.4) is 0 Å². The first kappa shape index (κ1) is 18.9. The summed E-state index contributed by atoms with van der Waals surface area (Å²) < 4.78 is 38.6. The van der Waals surface area contributed by atoms with Gasteiger partial charge >= 0.3 is 6.18 Å². The molecule has 0 radical (unpaired) electrons. The van der Waals surface area contributed by atoms with Crippen LogP contribution in [-0.4, -0.2) is 27.4 Å². The Bertz CT molecular complexity index is 941. The van der Waals surface area contributed by atoms with E-state index in [1.54, 1.807) is 6.20 Å². The minimum atomic E-state index is -4.62. The highest BCUT2D eigenvalue weighted by Gasteiger charge is 2.33. The Morgan fingerprint density at radius 1 is 1.15 bits per heavy atom. The van der Waals surface area contributed by atoms with Crippen LogP contribution in [0.1, 0.15) is 21.6 Å². The molecule has 1 aromatic heterocycles. The van der Waals surface area contributed by atoms with Crippen molar-refractivity contribution < 1.29 is 18.0 Å². The van der Waals surface area contributed by atoms with E-state index < -0.39 is 22.7 Å². The first-order valence-corrected chi connectivity index (χ1v) is 8.34. The van der Waals surface area contributed by atoms with Crippen molar-refractivity contribution in [2.75, 3.05) is 6.54 Å². The molecule has 0 atom stereocenters. The molecule has 0 bridgehead atoms. The maximum absolute atomic E-state index is 12.9. The van der Waals surface area contributed by atoms with Crippen LogP contribution in [0.15, 0.2) is 54.7 Å². The molecule has 5 nitrogen and oxygen atoms in total. The van der Waals surface area contributed by atoms with Gasteiger partial charge in [0.25, 0.3) is 5.91 Å². The van der Waals surface area contributed by atoms with Gasteiger partial charge in [0.15, 0.2) is 0 Å². The van der Waals surface area contributed by atoms with Crippen molar-refractivity contribution >= 4 is 17.5 Å². The predicted octanol–water partition coefficient (Wildman–Crippen LogP) is 3.91. The van der Waals surface area contributed by atoms with E-state index in [2.05, 4.69) is 15.5 Å². The third kappa shape index (κ3) is 4.65. The van der Waals surface area contributed by atoms with Crippen molar-refractivity contribution in [3.63, 3.8) is 0 Å². The molecule has 27 heavy (non-hydrogen) atoms. The Hall–Kier alpha value is -2.87. The molecule has 0 aliphatic rings. The van der Waals surface area contributed by atoms with Gasteiger partial charge in [-0.05, 0) is 30.3 Å². The number of hydrogen-bond donors (Lipinski definition) is 1. The van der Waals surface area contributed by atoms with Crippen LogP contribution in [0.4, 0.5) is 13.2 Å². The van der Waals surface area contributed by atoms with E-state index in [-0.39, 0.29) is 12.1 Å². The topological polar surface area (TPSA) is 59.8 Å². The summed E-state index contributed by atoms with van der Waals surface area (Å²) in [5, 5.41) is 10.6. The Kier molecular flexibility index (Phi) is 5.46. The summed E-state index contributed by atoms with van der Waals surface area (Å²) in [6, 6.07) is 12.4. The Morgan fingerprint density at radius 2 is 1.89 bits per heavy atom. The number of amides is 1. The van der Waals surface area contributed by atoms with E-state index in [0.29, 0.717) is 12.1 Å². The number of carbonyl (C=O) groups excluding carboxylic acids is 1. The van der Waals surface area contributed by atoms with Crippen LogP contribution in [0.25, 0.3) is 5.69 Å². The highest BCUT2D eigenvalue weighted by Crippen LogP contribution is 2.35. The van der Waals surface area contributed by atoms with Gasteiger partial charge in [-0.1, -0.05) is 29.8 Å². The molecular weight excluding hydrogens is 381 g/mol. The molecule has 0 fully saturated rings. The van der Waals surface area contributed by atoms with Crippen LogP contribution < -0.4 is 5.32 Å². The van der Waals surface area contributed by atoms with E-state index in [0.717, 1.165) is 17.8 Å². The van der Waals surface area contributed by atoms with Gasteiger partial charge in [-0.15, -0.1) is 0 Å². The van der Waals surface area contributed by atoms with Gasteiger partial charge in [0.05, 0.1) is 28.2 Å². The summed E-state index contributed by atoms with van der Waals surface area (Å²) in [6.07, 6.45) is -2.66. The smallest absolute Gasteiger partial charge is 0.352 e. The summed E-state index contributed by atoms with van der Waals surface area (Å²) in [5.41, 5.74) is 0.294. The molecule has 0 aliphatic heterocycles. The first-order chi connectivity index (χ1) is 12.8. The number of benzene rings is 2. The van der Waals surface area contributed by atoms with Gasteiger partial charge in [0.2, 0.25) is 0 Å². The third-order valence-corrected chi connectivity index (χ3v) is 4.06. The van der Waals surface area contributed by atoms with Gasteiger partial charge < -0.3 is 5.32 Å². The van der Waals surface area contributed by atoms with Crippen LogP contribution in [-0.2, 0) is 12.6 Å². The van der Waals surface area contributed by atoms with Crippen LogP contribution in [0.2, 0.25) is 5.02 Å². The van der Waals surface area contributed by atoms with Crippen molar-refractivity contribution in [3.05, 3.63) is 76.6 Å². The molecule has 1 heterocycles.